The van der Waals surface area contributed by atoms with Crippen LogP contribution in [0.5, 0.6) is 0 Å². The molecule has 10 heteroatoms. The maximum atomic E-state index is 12.4. The molecule has 0 aliphatic carbocycles. The Bertz CT molecular complexity index is 971. The summed E-state index contributed by atoms with van der Waals surface area (Å²) < 4.78 is 15.4. The van der Waals surface area contributed by atoms with Crippen molar-refractivity contribution in [3.63, 3.8) is 0 Å². The number of rotatable bonds is 7. The fourth-order valence-corrected chi connectivity index (χ4v) is 4.64. The molecular weight excluding hydrogens is 465 g/mol. The third-order valence-electron chi connectivity index (χ3n) is 4.56. The van der Waals surface area contributed by atoms with Gasteiger partial charge in [0, 0.05) is 28.7 Å². The van der Waals surface area contributed by atoms with Gasteiger partial charge in [-0.25, -0.2) is 4.79 Å². The minimum Gasteiger partial charge on any atom is -0.462 e. The summed E-state index contributed by atoms with van der Waals surface area (Å²) in [6.07, 6.45) is 1.15. The number of amides is 1. The first-order valence-electron chi connectivity index (χ1n) is 9.69. The van der Waals surface area contributed by atoms with Crippen LogP contribution in [-0.2, 0) is 23.8 Å². The van der Waals surface area contributed by atoms with Crippen molar-refractivity contribution in [3.05, 3.63) is 39.2 Å². The molecule has 3 rings (SSSR count). The number of benzene rings is 1. The average molecular weight is 486 g/mol. The van der Waals surface area contributed by atoms with E-state index in [-0.39, 0.29) is 23.1 Å². The molecule has 0 unspecified atom stereocenters. The number of nitrogens with one attached hydrogen (secondary N) is 1. The number of carbonyl (C=O) groups excluding carboxylic acids is 3. The third kappa shape index (κ3) is 6.20. The molecule has 7 nitrogen and oxygen atoms in total. The van der Waals surface area contributed by atoms with Crippen LogP contribution in [0.25, 0.3) is 10.4 Å². The molecule has 1 aliphatic heterocycles. The Morgan fingerprint density at radius 2 is 1.90 bits per heavy atom. The number of carbonyl (C=O) groups is 3. The smallest absolute Gasteiger partial charge is 0.350 e. The monoisotopic (exact) mass is 485 g/mol. The van der Waals surface area contributed by atoms with E-state index in [1.165, 1.54) is 0 Å². The highest BCUT2D eigenvalue weighted by Crippen LogP contribution is 2.39. The number of thiophene rings is 1. The van der Waals surface area contributed by atoms with Gasteiger partial charge in [0.1, 0.15) is 4.88 Å². The Balaban J connectivity index is 1.73. The number of anilines is 1. The molecule has 0 radical (unpaired) electrons. The van der Waals surface area contributed by atoms with Crippen molar-refractivity contribution >= 4 is 58.1 Å². The lowest BCUT2D eigenvalue weighted by molar-refractivity contribution is -0.154. The van der Waals surface area contributed by atoms with Gasteiger partial charge >= 0.3 is 11.9 Å². The number of halogens is 2. The predicted molar refractivity (Wildman–Crippen MR) is 119 cm³/mol. The topological polar surface area (TPSA) is 90.9 Å². The Morgan fingerprint density at radius 1 is 1.16 bits per heavy atom. The summed E-state index contributed by atoms with van der Waals surface area (Å²) in [4.78, 5) is 37.8. The lowest BCUT2D eigenvalue weighted by Crippen LogP contribution is -2.28. The molecule has 1 aromatic carbocycles. The van der Waals surface area contributed by atoms with E-state index in [4.69, 9.17) is 37.4 Å². The van der Waals surface area contributed by atoms with Gasteiger partial charge in [-0.2, -0.15) is 0 Å². The maximum Gasteiger partial charge on any atom is 0.350 e. The Hall–Kier alpha value is -2.13. The number of ether oxygens (including phenoxy) is 3. The van der Waals surface area contributed by atoms with E-state index in [0.717, 1.165) is 11.3 Å². The van der Waals surface area contributed by atoms with Gasteiger partial charge in [0.25, 0.3) is 5.91 Å². The van der Waals surface area contributed by atoms with E-state index >= 15 is 0 Å². The van der Waals surface area contributed by atoms with Crippen LogP contribution in [0.2, 0.25) is 10.0 Å². The van der Waals surface area contributed by atoms with Crippen molar-refractivity contribution in [2.45, 2.75) is 19.8 Å². The summed E-state index contributed by atoms with van der Waals surface area (Å²) in [5.74, 6) is -1.82. The van der Waals surface area contributed by atoms with Crippen molar-refractivity contribution in [2.24, 2.45) is 5.92 Å². The van der Waals surface area contributed by atoms with Crippen LogP contribution in [0, 0.1) is 5.92 Å². The SMILES string of the molecule is CCOC(=O)c1sc(-c2ccc(Cl)cc2Cl)cc1NC(=O)COC(=O)C1CCOCC1. The van der Waals surface area contributed by atoms with Gasteiger partial charge in [0.2, 0.25) is 0 Å². The normalized spacial score (nSPS) is 14.2. The first kappa shape index (κ1) is 23.5. The molecule has 0 spiro atoms. The molecule has 1 saturated heterocycles. The Kier molecular flexibility index (Phi) is 8.31. The molecule has 1 fully saturated rings. The molecule has 166 valence electrons. The summed E-state index contributed by atoms with van der Waals surface area (Å²) in [6, 6.07) is 6.63. The summed E-state index contributed by atoms with van der Waals surface area (Å²) in [5.41, 5.74) is 0.921. The van der Waals surface area contributed by atoms with Crippen molar-refractivity contribution in [1.29, 1.82) is 0 Å². The highest BCUT2D eigenvalue weighted by atomic mass is 35.5. The quantitative estimate of drug-likeness (QED) is 0.565. The number of hydrogen-bond acceptors (Lipinski definition) is 7. The van der Waals surface area contributed by atoms with Crippen LogP contribution in [0.15, 0.2) is 24.3 Å². The third-order valence-corrected chi connectivity index (χ3v) is 6.26. The van der Waals surface area contributed by atoms with Gasteiger partial charge < -0.3 is 19.5 Å². The van der Waals surface area contributed by atoms with E-state index in [1.54, 1.807) is 31.2 Å². The second-order valence-electron chi connectivity index (χ2n) is 6.74. The molecule has 0 bridgehead atoms. The fraction of sp³-hybridized carbons (Fsp3) is 0.381. The molecule has 0 atom stereocenters. The number of hydrogen-bond donors (Lipinski definition) is 1. The van der Waals surface area contributed by atoms with Crippen molar-refractivity contribution in [1.82, 2.24) is 0 Å². The van der Waals surface area contributed by atoms with Crippen LogP contribution in [-0.4, -0.2) is 44.3 Å². The summed E-state index contributed by atoms with van der Waals surface area (Å²) in [7, 11) is 0. The molecule has 31 heavy (non-hydrogen) atoms. The zero-order valence-corrected chi connectivity index (χ0v) is 19.1. The van der Waals surface area contributed by atoms with E-state index in [9.17, 15) is 14.4 Å². The maximum absolute atomic E-state index is 12.4. The van der Waals surface area contributed by atoms with Crippen LogP contribution in [0.1, 0.15) is 29.4 Å². The molecular formula is C21H21Cl2NO6S. The molecule has 1 aliphatic rings. The second kappa shape index (κ2) is 10.9. The van der Waals surface area contributed by atoms with Crippen molar-refractivity contribution in [3.8, 4) is 10.4 Å². The molecule has 1 amide bonds. The van der Waals surface area contributed by atoms with Gasteiger partial charge in [-0.15, -0.1) is 11.3 Å². The molecule has 0 saturated carbocycles. The summed E-state index contributed by atoms with van der Waals surface area (Å²) >= 11 is 13.4. The number of esters is 2. The summed E-state index contributed by atoms with van der Waals surface area (Å²) in [6.45, 7) is 2.42. The van der Waals surface area contributed by atoms with Gasteiger partial charge in [-0.1, -0.05) is 29.3 Å². The second-order valence-corrected chi connectivity index (χ2v) is 8.64. The van der Waals surface area contributed by atoms with Crippen LogP contribution in [0.3, 0.4) is 0 Å². The van der Waals surface area contributed by atoms with E-state index in [1.807, 2.05) is 0 Å². The van der Waals surface area contributed by atoms with Crippen LogP contribution in [0.4, 0.5) is 5.69 Å². The largest absolute Gasteiger partial charge is 0.462 e. The Labute approximate surface area is 193 Å². The van der Waals surface area contributed by atoms with Crippen LogP contribution >= 0.6 is 34.5 Å². The first-order chi connectivity index (χ1) is 14.9. The molecule has 2 aromatic rings. The van der Waals surface area contributed by atoms with Crippen LogP contribution < -0.4 is 5.32 Å². The first-order valence-corrected chi connectivity index (χ1v) is 11.3. The lowest BCUT2D eigenvalue weighted by Gasteiger charge is -2.20. The van der Waals surface area contributed by atoms with Gasteiger partial charge in [-0.05, 0) is 38.0 Å². The van der Waals surface area contributed by atoms with Gasteiger partial charge in [0.15, 0.2) is 6.61 Å². The zero-order chi connectivity index (χ0) is 22.4. The van der Waals surface area contributed by atoms with E-state index in [2.05, 4.69) is 5.32 Å². The van der Waals surface area contributed by atoms with Crippen molar-refractivity contribution < 1.29 is 28.6 Å². The Morgan fingerprint density at radius 3 is 2.58 bits per heavy atom. The average Bonchev–Trinajstić information content (AvgIpc) is 3.16. The standard InChI is InChI=1S/C21H21Cl2NO6S/c1-2-29-21(27)19-16(10-17(31-19)14-4-3-13(22)9-15(14)23)24-18(25)11-30-20(26)12-5-7-28-8-6-12/h3-4,9-10,12H,2,5-8,11H2,1H3,(H,24,25). The zero-order valence-electron chi connectivity index (χ0n) is 16.7. The highest BCUT2D eigenvalue weighted by molar-refractivity contribution is 7.18. The lowest BCUT2D eigenvalue weighted by atomic mass is 10.0. The van der Waals surface area contributed by atoms with E-state index < -0.39 is 24.5 Å². The predicted octanol–water partition coefficient (Wildman–Crippen LogP) is 4.81. The highest BCUT2D eigenvalue weighted by Gasteiger charge is 2.25. The molecule has 2 heterocycles. The minimum absolute atomic E-state index is 0.184. The molecule has 1 aromatic heterocycles. The summed E-state index contributed by atoms with van der Waals surface area (Å²) in [5, 5.41) is 3.52. The molecule has 1 N–H and O–H groups in total. The van der Waals surface area contributed by atoms with E-state index in [0.29, 0.717) is 46.5 Å². The van der Waals surface area contributed by atoms with Crippen molar-refractivity contribution in [2.75, 3.05) is 31.7 Å². The van der Waals surface area contributed by atoms with Gasteiger partial charge in [0.05, 0.1) is 23.2 Å². The minimum atomic E-state index is -0.571. The van der Waals surface area contributed by atoms with Gasteiger partial charge in [-0.3, -0.25) is 9.59 Å². The fourth-order valence-electron chi connectivity index (χ4n) is 3.03.